The molecular weight excluding hydrogens is 218 g/mol. The average molecular weight is 238 g/mol. The van der Waals surface area contributed by atoms with Crippen molar-refractivity contribution in [2.45, 2.75) is 13.1 Å². The summed E-state index contributed by atoms with van der Waals surface area (Å²) in [5, 5.41) is 14.2. The van der Waals surface area contributed by atoms with Crippen molar-refractivity contribution in [3.8, 4) is 0 Å². The van der Waals surface area contributed by atoms with Crippen LogP contribution in [0.15, 0.2) is 0 Å². The molecule has 2 N–H and O–H groups in total. The van der Waals surface area contributed by atoms with E-state index in [0.717, 1.165) is 45.1 Å². The number of aromatic amines is 1. The summed E-state index contributed by atoms with van der Waals surface area (Å²) in [7, 11) is 0. The van der Waals surface area contributed by atoms with Gasteiger partial charge in [0.15, 0.2) is 5.21 Å². The summed E-state index contributed by atoms with van der Waals surface area (Å²) in [6, 6.07) is 0. The Kier molecular flexibility index (Phi) is 3.30. The molecule has 0 radical (unpaired) electrons. The summed E-state index contributed by atoms with van der Waals surface area (Å²) in [5.41, 5.74) is 0. The van der Waals surface area contributed by atoms with Gasteiger partial charge in [0.05, 0.1) is 6.42 Å². The van der Waals surface area contributed by atoms with Gasteiger partial charge in [0.25, 0.3) is 0 Å². The lowest BCUT2D eigenvalue weighted by Gasteiger charge is -2.30. The van der Waals surface area contributed by atoms with Crippen molar-refractivity contribution in [3.63, 3.8) is 0 Å². The van der Waals surface area contributed by atoms with Crippen LogP contribution in [0.4, 0.5) is 0 Å². The number of hydrogen-bond acceptors (Lipinski definition) is 5. The summed E-state index contributed by atoms with van der Waals surface area (Å²) < 4.78 is 2.03. The molecule has 0 amide bonds. The molecule has 1 aromatic heterocycles. The minimum Gasteiger partial charge on any atom is -0.314 e. The van der Waals surface area contributed by atoms with Gasteiger partial charge in [-0.15, -0.1) is 4.68 Å². The SMILES string of the molecule is C1CN(CCN2CCc3nn[nH][n+]3C2)CCN1. The molecule has 2 aliphatic heterocycles. The van der Waals surface area contributed by atoms with Crippen LogP contribution < -0.4 is 10.00 Å². The van der Waals surface area contributed by atoms with Crippen molar-refractivity contribution in [2.24, 2.45) is 0 Å². The third-order valence-electron chi connectivity index (χ3n) is 3.58. The highest BCUT2D eigenvalue weighted by molar-refractivity contribution is 4.75. The maximum absolute atomic E-state index is 4.05. The van der Waals surface area contributed by atoms with Crippen LogP contribution in [0.5, 0.6) is 0 Å². The Morgan fingerprint density at radius 1 is 1.12 bits per heavy atom. The topological polar surface area (TPSA) is 64.0 Å². The normalized spacial score (nSPS) is 22.6. The summed E-state index contributed by atoms with van der Waals surface area (Å²) in [4.78, 5) is 4.98. The van der Waals surface area contributed by atoms with Crippen LogP contribution in [0.25, 0.3) is 0 Å². The van der Waals surface area contributed by atoms with E-state index in [-0.39, 0.29) is 0 Å². The summed E-state index contributed by atoms with van der Waals surface area (Å²) in [6.45, 7) is 8.90. The Morgan fingerprint density at radius 2 is 1.94 bits per heavy atom. The van der Waals surface area contributed by atoms with Crippen LogP contribution in [-0.4, -0.2) is 71.1 Å². The van der Waals surface area contributed by atoms with E-state index in [9.17, 15) is 0 Å². The third-order valence-corrected chi connectivity index (χ3v) is 3.58. The van der Waals surface area contributed by atoms with Crippen molar-refractivity contribution in [1.82, 2.24) is 30.6 Å². The first-order valence-electron chi connectivity index (χ1n) is 6.37. The van der Waals surface area contributed by atoms with E-state index in [2.05, 4.69) is 30.6 Å². The first-order chi connectivity index (χ1) is 8.42. The number of nitrogens with zero attached hydrogens (tertiary/aromatic N) is 5. The Labute approximate surface area is 101 Å². The largest absolute Gasteiger partial charge is 0.314 e. The maximum Gasteiger partial charge on any atom is 0.303 e. The summed E-state index contributed by atoms with van der Waals surface area (Å²) in [5.74, 6) is 1.07. The zero-order valence-electron chi connectivity index (χ0n) is 10.1. The number of piperazine rings is 1. The first kappa shape index (κ1) is 11.1. The standard InChI is InChI=1S/C10H19N7/c1-4-16(9-17-10(1)12-13-14-17)8-7-15-5-2-11-3-6-15/h11H,1-9H2/p+1. The molecule has 0 atom stereocenters. The molecule has 0 bridgehead atoms. The number of tetrazole rings is 1. The van der Waals surface area contributed by atoms with Gasteiger partial charge in [0.2, 0.25) is 0 Å². The molecule has 94 valence electrons. The van der Waals surface area contributed by atoms with Crippen LogP contribution >= 0.6 is 0 Å². The van der Waals surface area contributed by atoms with Crippen LogP contribution in [0.1, 0.15) is 5.82 Å². The molecule has 2 aliphatic rings. The second-order valence-electron chi connectivity index (χ2n) is 4.75. The lowest BCUT2D eigenvalue weighted by Crippen LogP contribution is -2.55. The second kappa shape index (κ2) is 5.07. The van der Waals surface area contributed by atoms with Crippen LogP contribution in [0.3, 0.4) is 0 Å². The lowest BCUT2D eigenvalue weighted by atomic mass is 10.3. The quantitative estimate of drug-likeness (QED) is 0.586. The predicted molar refractivity (Wildman–Crippen MR) is 61.2 cm³/mol. The number of nitrogens with one attached hydrogen (secondary N) is 2. The molecule has 1 aromatic rings. The van der Waals surface area contributed by atoms with Gasteiger partial charge in [0.1, 0.15) is 11.8 Å². The van der Waals surface area contributed by atoms with Gasteiger partial charge in [0, 0.05) is 45.8 Å². The molecule has 0 saturated carbocycles. The Morgan fingerprint density at radius 3 is 2.82 bits per heavy atom. The van der Waals surface area contributed by atoms with E-state index >= 15 is 0 Å². The fraction of sp³-hybridized carbons (Fsp3) is 0.900. The summed E-state index contributed by atoms with van der Waals surface area (Å²) in [6.07, 6.45) is 0.998. The maximum atomic E-state index is 4.05. The van der Waals surface area contributed by atoms with E-state index in [1.54, 1.807) is 0 Å². The Hall–Kier alpha value is -1.05. The van der Waals surface area contributed by atoms with E-state index in [4.69, 9.17) is 0 Å². The summed E-state index contributed by atoms with van der Waals surface area (Å²) >= 11 is 0. The predicted octanol–water partition coefficient (Wildman–Crippen LogP) is -2.19. The van der Waals surface area contributed by atoms with E-state index in [1.165, 1.54) is 19.6 Å². The molecular formula is C10H20N7+. The van der Waals surface area contributed by atoms with Crippen LogP contribution in [0, 0.1) is 0 Å². The first-order valence-corrected chi connectivity index (χ1v) is 6.37. The third kappa shape index (κ3) is 2.62. The smallest absolute Gasteiger partial charge is 0.303 e. The molecule has 3 rings (SSSR count). The second-order valence-corrected chi connectivity index (χ2v) is 4.75. The monoisotopic (exact) mass is 238 g/mol. The van der Waals surface area contributed by atoms with E-state index < -0.39 is 0 Å². The molecule has 17 heavy (non-hydrogen) atoms. The zero-order valence-corrected chi connectivity index (χ0v) is 10.1. The zero-order chi connectivity index (χ0) is 11.5. The molecule has 0 unspecified atom stereocenters. The number of rotatable bonds is 3. The molecule has 0 spiro atoms. The molecule has 0 aliphatic carbocycles. The van der Waals surface area contributed by atoms with Crippen molar-refractivity contribution in [1.29, 1.82) is 0 Å². The molecule has 0 aromatic carbocycles. The van der Waals surface area contributed by atoms with E-state index in [0.29, 0.717) is 0 Å². The van der Waals surface area contributed by atoms with Crippen molar-refractivity contribution >= 4 is 0 Å². The highest BCUT2D eigenvalue weighted by Gasteiger charge is 2.24. The molecule has 3 heterocycles. The van der Waals surface area contributed by atoms with Gasteiger partial charge >= 0.3 is 5.82 Å². The highest BCUT2D eigenvalue weighted by atomic mass is 15.6. The van der Waals surface area contributed by atoms with Gasteiger partial charge in [-0.1, -0.05) is 5.21 Å². The van der Waals surface area contributed by atoms with E-state index in [1.807, 2.05) is 4.68 Å². The van der Waals surface area contributed by atoms with Crippen molar-refractivity contribution in [3.05, 3.63) is 5.82 Å². The average Bonchev–Trinajstić information content (AvgIpc) is 2.85. The highest BCUT2D eigenvalue weighted by Crippen LogP contribution is 2.00. The number of aromatic nitrogens is 4. The van der Waals surface area contributed by atoms with Crippen LogP contribution in [-0.2, 0) is 13.1 Å². The van der Waals surface area contributed by atoms with Gasteiger partial charge in [-0.05, 0) is 0 Å². The number of hydrogen-bond donors (Lipinski definition) is 2. The Bertz CT molecular complexity index is 357. The van der Waals surface area contributed by atoms with Gasteiger partial charge < -0.3 is 5.32 Å². The molecule has 1 saturated heterocycles. The number of fused-ring (bicyclic) bond motifs is 1. The van der Waals surface area contributed by atoms with Gasteiger partial charge in [-0.2, -0.15) is 0 Å². The van der Waals surface area contributed by atoms with Crippen molar-refractivity contribution < 1.29 is 4.68 Å². The molecule has 1 fully saturated rings. The minimum absolute atomic E-state index is 0.897. The van der Waals surface area contributed by atoms with Gasteiger partial charge in [-0.3, -0.25) is 9.80 Å². The van der Waals surface area contributed by atoms with Gasteiger partial charge in [-0.25, -0.2) is 0 Å². The molecule has 7 heteroatoms. The lowest BCUT2D eigenvalue weighted by molar-refractivity contribution is -0.782. The Balaban J connectivity index is 1.47. The van der Waals surface area contributed by atoms with Crippen LogP contribution in [0.2, 0.25) is 0 Å². The fourth-order valence-corrected chi connectivity index (χ4v) is 2.47. The number of H-pyrrole nitrogens is 1. The minimum atomic E-state index is 0.897. The molecule has 7 nitrogen and oxygen atoms in total. The fourth-order valence-electron chi connectivity index (χ4n) is 2.47. The van der Waals surface area contributed by atoms with Crippen molar-refractivity contribution in [2.75, 3.05) is 45.8 Å².